The fourth-order valence-electron chi connectivity index (χ4n) is 4.23. The predicted octanol–water partition coefficient (Wildman–Crippen LogP) is 4.59. The van der Waals surface area contributed by atoms with E-state index in [1.807, 2.05) is 12.3 Å². The maximum atomic E-state index is 7.28. The zero-order valence-electron chi connectivity index (χ0n) is 17.4. The van der Waals surface area contributed by atoms with Crippen LogP contribution in [0.5, 0.6) is 5.75 Å². The molecule has 0 saturated carbocycles. The van der Waals surface area contributed by atoms with E-state index in [2.05, 4.69) is 116 Å². The van der Waals surface area contributed by atoms with Crippen LogP contribution in [0.15, 0.2) is 121 Å². The zero-order chi connectivity index (χ0) is 21.1. The summed E-state index contributed by atoms with van der Waals surface area (Å²) in [5.41, 5.74) is 2.13. The predicted molar refractivity (Wildman–Crippen MR) is 131 cm³/mol. The third kappa shape index (κ3) is 3.61. The molecular weight excluding hydrogens is 485 g/mol. The molecule has 150 valence electrons. The van der Waals surface area contributed by atoms with E-state index in [0.29, 0.717) is 0 Å². The summed E-state index contributed by atoms with van der Waals surface area (Å²) in [6.07, 6.45) is 1.85. The molecule has 0 aliphatic rings. The quantitative estimate of drug-likeness (QED) is 0.325. The van der Waals surface area contributed by atoms with Crippen molar-refractivity contribution in [3.05, 3.63) is 127 Å². The molecule has 1 heterocycles. The number of pyridine rings is 1. The van der Waals surface area contributed by atoms with Crippen LogP contribution in [-0.2, 0) is 0 Å². The van der Waals surface area contributed by atoms with Gasteiger partial charge in [-0.25, -0.2) is 0 Å². The number of hydrogen-bond acceptors (Lipinski definition) is 2. The Labute approximate surface area is 187 Å². The van der Waals surface area contributed by atoms with E-state index in [0.717, 1.165) is 16.7 Å². The van der Waals surface area contributed by atoms with Gasteiger partial charge >= 0.3 is 188 Å². The normalized spacial score (nSPS) is 11.4. The van der Waals surface area contributed by atoms with Gasteiger partial charge in [0.05, 0.1) is 0 Å². The Morgan fingerprint density at radius 1 is 0.581 bits per heavy atom. The standard InChI is InChI=1S/C10H9NO.3C6H5.Sn/c1-7-4-5-9(12)10-8(7)3-2-6-11-10;3*1-2-4-6-5-3-1;/h2-6,12H,1H3;3*1-5H;/q;;;;+1/p-1. The van der Waals surface area contributed by atoms with Gasteiger partial charge in [0.1, 0.15) is 0 Å². The Balaban J connectivity index is 1.82. The Bertz CT molecular complexity index is 1210. The van der Waals surface area contributed by atoms with E-state index in [1.54, 1.807) is 0 Å². The number of nitrogens with zero attached hydrogens (tertiary/aromatic N) is 1. The molecule has 0 bridgehead atoms. The molecule has 0 unspecified atom stereocenters. The molecule has 1 aromatic heterocycles. The summed E-state index contributed by atoms with van der Waals surface area (Å²) in [6, 6.07) is 40.5. The SMILES string of the molecule is Cc1ccc([O][Sn]([c]2ccccc2)([c]2ccccc2)[c]2ccccc2)c2ncccc12. The van der Waals surface area contributed by atoms with Gasteiger partial charge in [-0.1, -0.05) is 0 Å². The molecule has 0 N–H and O–H groups in total. The summed E-state index contributed by atoms with van der Waals surface area (Å²) >= 11 is -3.88. The maximum absolute atomic E-state index is 7.28. The molecule has 5 aromatic rings. The fraction of sp³-hybridized carbons (Fsp3) is 0.0357. The second kappa shape index (κ2) is 8.56. The average molecular weight is 508 g/mol. The van der Waals surface area contributed by atoms with Gasteiger partial charge in [-0.2, -0.15) is 0 Å². The first-order chi connectivity index (χ1) is 15.3. The summed E-state index contributed by atoms with van der Waals surface area (Å²) in [4.78, 5) is 4.72. The number of fused-ring (bicyclic) bond motifs is 1. The van der Waals surface area contributed by atoms with Crippen molar-refractivity contribution in [3.63, 3.8) is 0 Å². The van der Waals surface area contributed by atoms with Crippen LogP contribution in [0.2, 0.25) is 0 Å². The van der Waals surface area contributed by atoms with Crippen molar-refractivity contribution < 1.29 is 3.07 Å². The van der Waals surface area contributed by atoms with Gasteiger partial charge in [0.2, 0.25) is 0 Å². The minimum absolute atomic E-state index is 0.855. The molecule has 2 nitrogen and oxygen atoms in total. The summed E-state index contributed by atoms with van der Waals surface area (Å²) in [6.45, 7) is 2.12. The number of hydrogen-bond donors (Lipinski definition) is 0. The van der Waals surface area contributed by atoms with Gasteiger partial charge in [-0.15, -0.1) is 0 Å². The molecule has 0 fully saturated rings. The van der Waals surface area contributed by atoms with E-state index < -0.39 is 18.8 Å². The summed E-state index contributed by atoms with van der Waals surface area (Å²) in [5, 5.41) is 1.13. The molecule has 0 aliphatic heterocycles. The van der Waals surface area contributed by atoms with Crippen molar-refractivity contribution in [1.29, 1.82) is 0 Å². The van der Waals surface area contributed by atoms with Crippen molar-refractivity contribution in [2.45, 2.75) is 6.92 Å². The van der Waals surface area contributed by atoms with Crippen molar-refractivity contribution in [2.75, 3.05) is 0 Å². The second-order valence-corrected chi connectivity index (χ2v) is 17.1. The molecule has 4 aromatic carbocycles. The molecule has 0 saturated heterocycles. The van der Waals surface area contributed by atoms with E-state index in [4.69, 9.17) is 8.06 Å². The second-order valence-electron chi connectivity index (χ2n) is 7.66. The van der Waals surface area contributed by atoms with Gasteiger partial charge in [0.15, 0.2) is 0 Å². The van der Waals surface area contributed by atoms with E-state index >= 15 is 0 Å². The van der Waals surface area contributed by atoms with Crippen molar-refractivity contribution >= 4 is 40.4 Å². The van der Waals surface area contributed by atoms with Crippen molar-refractivity contribution in [3.8, 4) is 5.75 Å². The van der Waals surface area contributed by atoms with Crippen molar-refractivity contribution in [1.82, 2.24) is 4.98 Å². The third-order valence-electron chi connectivity index (χ3n) is 5.75. The van der Waals surface area contributed by atoms with Crippen LogP contribution in [0.25, 0.3) is 10.9 Å². The van der Waals surface area contributed by atoms with Gasteiger partial charge in [-0.3, -0.25) is 0 Å². The molecular formula is C28H23NOSn. The van der Waals surface area contributed by atoms with Gasteiger partial charge in [0, 0.05) is 0 Å². The van der Waals surface area contributed by atoms with Crippen LogP contribution in [-0.4, -0.2) is 23.8 Å². The molecule has 0 aliphatic carbocycles. The number of benzene rings is 4. The summed E-state index contributed by atoms with van der Waals surface area (Å²) in [7, 11) is 0. The average Bonchev–Trinajstić information content (AvgIpc) is 2.86. The first-order valence-corrected chi connectivity index (χ1v) is 15.9. The van der Waals surface area contributed by atoms with Crippen LogP contribution in [0.4, 0.5) is 0 Å². The number of aromatic nitrogens is 1. The topological polar surface area (TPSA) is 22.1 Å². The Kier molecular flexibility index (Phi) is 5.47. The molecule has 31 heavy (non-hydrogen) atoms. The van der Waals surface area contributed by atoms with E-state index in [-0.39, 0.29) is 0 Å². The Hall–Kier alpha value is -3.11. The van der Waals surface area contributed by atoms with Crippen LogP contribution < -0.4 is 13.8 Å². The number of aryl methyl sites for hydroxylation is 1. The molecule has 0 spiro atoms. The summed E-state index contributed by atoms with van der Waals surface area (Å²) < 4.78 is 11.1. The van der Waals surface area contributed by atoms with Gasteiger partial charge in [0.25, 0.3) is 0 Å². The van der Waals surface area contributed by atoms with Crippen LogP contribution in [0.3, 0.4) is 0 Å². The van der Waals surface area contributed by atoms with E-state index in [1.165, 1.54) is 16.3 Å². The minimum atomic E-state index is -3.88. The summed E-state index contributed by atoms with van der Waals surface area (Å²) in [5.74, 6) is 0.855. The van der Waals surface area contributed by atoms with Gasteiger partial charge in [-0.05, 0) is 0 Å². The van der Waals surface area contributed by atoms with Crippen LogP contribution in [0.1, 0.15) is 5.56 Å². The first kappa shape index (κ1) is 19.8. The first-order valence-electron chi connectivity index (χ1n) is 10.5. The molecule has 0 radical (unpaired) electrons. The van der Waals surface area contributed by atoms with Crippen LogP contribution in [0, 0.1) is 6.92 Å². The number of rotatable bonds is 5. The molecule has 0 amide bonds. The third-order valence-corrected chi connectivity index (χ3v) is 17.1. The molecule has 5 rings (SSSR count). The van der Waals surface area contributed by atoms with Crippen molar-refractivity contribution in [2.24, 2.45) is 0 Å². The van der Waals surface area contributed by atoms with E-state index in [9.17, 15) is 0 Å². The van der Waals surface area contributed by atoms with Crippen LogP contribution >= 0.6 is 0 Å². The monoisotopic (exact) mass is 509 g/mol. The Morgan fingerprint density at radius 3 is 1.61 bits per heavy atom. The van der Waals surface area contributed by atoms with Gasteiger partial charge < -0.3 is 0 Å². The fourth-order valence-corrected chi connectivity index (χ4v) is 15.2. The Morgan fingerprint density at radius 2 is 1.10 bits per heavy atom. The zero-order valence-corrected chi connectivity index (χ0v) is 20.3. The molecule has 3 heteroatoms. The molecule has 0 atom stereocenters.